The van der Waals surface area contributed by atoms with Gasteiger partial charge < -0.3 is 11.1 Å². The number of hydrogen-bond acceptors (Lipinski definition) is 4. The first-order valence-electron chi connectivity index (χ1n) is 8.23. The van der Waals surface area contributed by atoms with Gasteiger partial charge in [0.05, 0.1) is 5.69 Å². The van der Waals surface area contributed by atoms with E-state index in [4.69, 9.17) is 5.73 Å². The topological polar surface area (TPSA) is 80.9 Å². The third kappa shape index (κ3) is 3.20. The van der Waals surface area contributed by atoms with Crippen LogP contribution in [0.5, 0.6) is 0 Å². The van der Waals surface area contributed by atoms with Crippen molar-refractivity contribution in [3.8, 4) is 11.1 Å². The second-order valence-electron chi connectivity index (χ2n) is 5.78. The average molecular weight is 356 g/mol. The minimum Gasteiger partial charge on any atom is -0.396 e. The van der Waals surface area contributed by atoms with E-state index in [1.54, 1.807) is 30.3 Å². The summed E-state index contributed by atoms with van der Waals surface area (Å²) in [6, 6.07) is 8.35. The number of fused-ring (bicyclic) bond motifs is 1. The predicted octanol–water partition coefficient (Wildman–Crippen LogP) is 3.96. The summed E-state index contributed by atoms with van der Waals surface area (Å²) in [5.41, 5.74) is 7.06. The van der Waals surface area contributed by atoms with Crippen LogP contribution >= 0.6 is 0 Å². The minimum atomic E-state index is -2.70. The smallest absolute Gasteiger partial charge is 0.280 e. The number of nitrogens with zero attached hydrogens (tertiary/aromatic N) is 2. The van der Waals surface area contributed by atoms with Gasteiger partial charge in [-0.05, 0) is 18.1 Å². The van der Waals surface area contributed by atoms with Crippen molar-refractivity contribution in [3.05, 3.63) is 54.1 Å². The van der Waals surface area contributed by atoms with Crippen LogP contribution in [0.3, 0.4) is 0 Å². The van der Waals surface area contributed by atoms with Crippen LogP contribution in [0.25, 0.3) is 21.9 Å². The van der Waals surface area contributed by atoms with Crippen molar-refractivity contribution in [1.82, 2.24) is 15.3 Å². The first-order chi connectivity index (χ1) is 12.5. The average Bonchev–Trinajstić information content (AvgIpc) is 2.66. The number of pyridine rings is 2. The number of nitrogen functional groups attached to an aromatic ring is 1. The van der Waals surface area contributed by atoms with Crippen molar-refractivity contribution in [2.75, 3.05) is 12.3 Å². The molecule has 0 aliphatic heterocycles. The number of nitrogens with two attached hydrogens (primary N) is 1. The fourth-order valence-corrected chi connectivity index (χ4v) is 2.82. The number of hydrogen-bond donors (Lipinski definition) is 2. The number of amides is 1. The molecule has 0 saturated carbocycles. The zero-order valence-electron chi connectivity index (χ0n) is 14.2. The number of rotatable bonds is 5. The molecule has 26 heavy (non-hydrogen) atoms. The van der Waals surface area contributed by atoms with Gasteiger partial charge in [-0.25, -0.2) is 13.8 Å². The Kier molecular flexibility index (Phi) is 5.06. The highest BCUT2D eigenvalue weighted by Gasteiger charge is 2.19. The minimum absolute atomic E-state index is 0.128. The van der Waals surface area contributed by atoms with Crippen LogP contribution in [-0.2, 0) is 0 Å². The van der Waals surface area contributed by atoms with Crippen molar-refractivity contribution in [3.63, 3.8) is 0 Å². The Labute approximate surface area is 149 Å². The van der Waals surface area contributed by atoms with Crippen molar-refractivity contribution < 1.29 is 13.6 Å². The van der Waals surface area contributed by atoms with E-state index in [0.717, 1.165) is 6.42 Å². The summed E-state index contributed by atoms with van der Waals surface area (Å²) in [6.07, 6.45) is 0.912. The third-order valence-electron chi connectivity index (χ3n) is 4.06. The highest BCUT2D eigenvalue weighted by Crippen LogP contribution is 2.35. The molecule has 0 bridgehead atoms. The first-order valence-corrected chi connectivity index (χ1v) is 8.23. The van der Waals surface area contributed by atoms with E-state index in [1.165, 1.54) is 12.4 Å². The van der Waals surface area contributed by atoms with Crippen LogP contribution < -0.4 is 11.1 Å². The lowest BCUT2D eigenvalue weighted by Crippen LogP contribution is -2.26. The summed E-state index contributed by atoms with van der Waals surface area (Å²) in [5, 5.41) is 3.91. The van der Waals surface area contributed by atoms with Crippen molar-refractivity contribution in [1.29, 1.82) is 0 Å². The van der Waals surface area contributed by atoms with Crippen LogP contribution in [0.2, 0.25) is 0 Å². The number of carbonyl (C=O) groups excluding carboxylic acids is 1. The molecule has 0 aliphatic carbocycles. The maximum Gasteiger partial charge on any atom is 0.280 e. The Hall–Kier alpha value is -3.09. The number of halogens is 2. The number of alkyl halides is 2. The van der Waals surface area contributed by atoms with Gasteiger partial charge in [0.25, 0.3) is 12.3 Å². The van der Waals surface area contributed by atoms with Gasteiger partial charge in [-0.2, -0.15) is 0 Å². The number of carbonyl (C=O) groups is 1. The molecule has 3 N–H and O–H groups in total. The van der Waals surface area contributed by atoms with Crippen LogP contribution in [0.4, 0.5) is 14.5 Å². The second-order valence-corrected chi connectivity index (χ2v) is 5.78. The number of benzene rings is 1. The molecular weight excluding hydrogens is 338 g/mol. The van der Waals surface area contributed by atoms with Crippen molar-refractivity contribution in [2.45, 2.75) is 19.8 Å². The molecule has 1 aromatic carbocycles. The molecule has 5 nitrogen and oxygen atoms in total. The molecule has 3 aromatic rings. The maximum absolute atomic E-state index is 13.3. The summed E-state index contributed by atoms with van der Waals surface area (Å²) in [5.74, 6) is -0.355. The Morgan fingerprint density at radius 3 is 2.65 bits per heavy atom. The fraction of sp³-hybridized carbons (Fsp3) is 0.211. The van der Waals surface area contributed by atoms with E-state index in [9.17, 15) is 13.6 Å². The maximum atomic E-state index is 13.3. The Morgan fingerprint density at radius 1 is 1.15 bits per heavy atom. The summed E-state index contributed by atoms with van der Waals surface area (Å²) < 4.78 is 26.7. The van der Waals surface area contributed by atoms with E-state index in [-0.39, 0.29) is 23.0 Å². The molecule has 0 radical (unpaired) electrons. The summed E-state index contributed by atoms with van der Waals surface area (Å²) >= 11 is 0. The zero-order chi connectivity index (χ0) is 18.7. The van der Waals surface area contributed by atoms with Gasteiger partial charge in [0, 0.05) is 35.3 Å². The molecule has 134 valence electrons. The van der Waals surface area contributed by atoms with E-state index in [0.29, 0.717) is 28.4 Å². The number of aromatic nitrogens is 2. The summed E-state index contributed by atoms with van der Waals surface area (Å²) in [4.78, 5) is 20.2. The van der Waals surface area contributed by atoms with Gasteiger partial charge in [-0.1, -0.05) is 31.2 Å². The highest BCUT2D eigenvalue weighted by molar-refractivity contribution is 6.09. The molecule has 1 amide bonds. The molecular formula is C19H18F2N4O. The van der Waals surface area contributed by atoms with Crippen molar-refractivity contribution in [2.24, 2.45) is 0 Å². The molecule has 0 unspecified atom stereocenters. The van der Waals surface area contributed by atoms with Crippen LogP contribution in [0.15, 0.2) is 42.7 Å². The Bertz CT molecular complexity index is 959. The quantitative estimate of drug-likeness (QED) is 0.725. The Balaban J connectivity index is 2.16. The molecule has 7 heteroatoms. The standard InChI is InChI=1S/C19H18F2N4O/c1-2-8-24-19(26)17-15(22)12-6-3-5-11(14(12)10-25-17)13-7-4-9-23-16(13)18(20)21/h3-7,9-10,18H,2,8,22H2,1H3,(H,24,26). The number of anilines is 1. The second kappa shape index (κ2) is 7.43. The lowest BCUT2D eigenvalue weighted by atomic mass is 9.97. The van der Waals surface area contributed by atoms with Gasteiger partial charge in [0.1, 0.15) is 5.69 Å². The lowest BCUT2D eigenvalue weighted by Gasteiger charge is -2.13. The van der Waals surface area contributed by atoms with Crippen LogP contribution in [0.1, 0.15) is 36.0 Å². The van der Waals surface area contributed by atoms with E-state index < -0.39 is 6.43 Å². The third-order valence-corrected chi connectivity index (χ3v) is 4.06. The molecule has 0 spiro atoms. The van der Waals surface area contributed by atoms with Gasteiger partial charge in [0.2, 0.25) is 0 Å². The molecule has 0 saturated heterocycles. The predicted molar refractivity (Wildman–Crippen MR) is 97.0 cm³/mol. The Morgan fingerprint density at radius 2 is 1.92 bits per heavy atom. The van der Waals surface area contributed by atoms with Crippen molar-refractivity contribution >= 4 is 22.4 Å². The van der Waals surface area contributed by atoms with Crippen LogP contribution in [0, 0.1) is 0 Å². The van der Waals surface area contributed by atoms with Gasteiger partial charge >= 0.3 is 0 Å². The molecule has 0 aliphatic rings. The highest BCUT2D eigenvalue weighted by atomic mass is 19.3. The van der Waals surface area contributed by atoms with Gasteiger partial charge in [0.15, 0.2) is 5.69 Å². The fourth-order valence-electron chi connectivity index (χ4n) is 2.82. The van der Waals surface area contributed by atoms with E-state index >= 15 is 0 Å². The molecule has 2 aromatic heterocycles. The van der Waals surface area contributed by atoms with E-state index in [2.05, 4.69) is 15.3 Å². The summed E-state index contributed by atoms with van der Waals surface area (Å²) in [6.45, 7) is 2.46. The van der Waals surface area contributed by atoms with Gasteiger partial charge in [-0.3, -0.25) is 9.78 Å². The molecule has 0 atom stereocenters. The largest absolute Gasteiger partial charge is 0.396 e. The molecule has 3 rings (SSSR count). The van der Waals surface area contributed by atoms with E-state index in [1.807, 2.05) is 6.92 Å². The summed E-state index contributed by atoms with van der Waals surface area (Å²) in [7, 11) is 0. The monoisotopic (exact) mass is 356 g/mol. The normalized spacial score (nSPS) is 11.1. The SMILES string of the molecule is CCCNC(=O)c1ncc2c(-c3cccnc3C(F)F)cccc2c1N. The zero-order valence-corrected chi connectivity index (χ0v) is 14.2. The lowest BCUT2D eigenvalue weighted by molar-refractivity contribution is 0.0950. The first kappa shape index (κ1) is 17.7. The van der Waals surface area contributed by atoms with Crippen LogP contribution in [-0.4, -0.2) is 22.4 Å². The number of nitrogens with one attached hydrogen (secondary N) is 1. The molecule has 0 fully saturated rings. The van der Waals surface area contributed by atoms with Gasteiger partial charge in [-0.15, -0.1) is 0 Å². The molecule has 2 heterocycles.